The molecule has 0 spiro atoms. The quantitative estimate of drug-likeness (QED) is 0.758. The molecule has 0 fully saturated rings. The fraction of sp³-hybridized carbons (Fsp3) is 0.750. The minimum absolute atomic E-state index is 0.426. The second-order valence-electron chi connectivity index (χ2n) is 5.22. The first-order chi connectivity index (χ1) is 8.28. The molecule has 1 heterocycles. The lowest BCUT2D eigenvalue weighted by atomic mass is 10.2. The van der Waals surface area contributed by atoms with Crippen LogP contribution in [0.1, 0.15) is 32.9 Å². The van der Waals surface area contributed by atoms with Crippen molar-refractivity contribution in [2.45, 2.75) is 45.0 Å². The van der Waals surface area contributed by atoms with Gasteiger partial charge in [-0.2, -0.15) is 0 Å². The van der Waals surface area contributed by atoms with E-state index >= 15 is 0 Å². The van der Waals surface area contributed by atoms with E-state index in [1.165, 1.54) is 6.26 Å². The molecule has 0 saturated carbocycles. The Morgan fingerprint density at radius 3 is 2.67 bits per heavy atom. The van der Waals surface area contributed by atoms with Gasteiger partial charge in [-0.15, -0.1) is 0 Å². The van der Waals surface area contributed by atoms with E-state index in [2.05, 4.69) is 17.2 Å². The summed E-state index contributed by atoms with van der Waals surface area (Å²) in [6.07, 6.45) is 5.82. The topological polar surface area (TPSA) is 64.0 Å². The van der Waals surface area contributed by atoms with Crippen LogP contribution in [0.25, 0.3) is 0 Å². The molecule has 1 aromatic heterocycles. The van der Waals surface area contributed by atoms with Crippen molar-refractivity contribution in [2.75, 3.05) is 12.8 Å². The largest absolute Gasteiger partial charge is 0.332 e. The van der Waals surface area contributed by atoms with E-state index in [9.17, 15) is 8.42 Å². The van der Waals surface area contributed by atoms with Crippen molar-refractivity contribution in [1.29, 1.82) is 0 Å². The minimum atomic E-state index is -3.09. The summed E-state index contributed by atoms with van der Waals surface area (Å²) in [6.45, 7) is 7.68. The van der Waals surface area contributed by atoms with Crippen LogP contribution in [-0.2, 0) is 22.9 Å². The van der Waals surface area contributed by atoms with Crippen molar-refractivity contribution in [3.63, 3.8) is 0 Å². The Morgan fingerprint density at radius 2 is 2.11 bits per heavy atom. The summed E-state index contributed by atoms with van der Waals surface area (Å²) < 4.78 is 24.5. The Morgan fingerprint density at radius 1 is 1.44 bits per heavy atom. The Kier molecular flexibility index (Phi) is 4.92. The van der Waals surface area contributed by atoms with Crippen LogP contribution in [0.3, 0.4) is 0 Å². The van der Waals surface area contributed by atoms with Crippen molar-refractivity contribution in [2.24, 2.45) is 0 Å². The first kappa shape index (κ1) is 15.2. The molecule has 0 radical (unpaired) electrons. The zero-order valence-corrected chi connectivity index (χ0v) is 12.4. The predicted molar refractivity (Wildman–Crippen MR) is 73.1 cm³/mol. The van der Waals surface area contributed by atoms with Gasteiger partial charge in [0.15, 0.2) is 9.84 Å². The van der Waals surface area contributed by atoms with Gasteiger partial charge in [-0.25, -0.2) is 13.4 Å². The van der Waals surface area contributed by atoms with Crippen LogP contribution in [0, 0.1) is 0 Å². The average Bonchev–Trinajstić information content (AvgIpc) is 2.64. The molecule has 0 atom stereocenters. The summed E-state index contributed by atoms with van der Waals surface area (Å²) in [6, 6.07) is 0. The molecule has 18 heavy (non-hydrogen) atoms. The van der Waals surface area contributed by atoms with Crippen molar-refractivity contribution in [3.05, 3.63) is 18.2 Å². The zero-order chi connectivity index (χ0) is 13.8. The number of aromatic nitrogens is 2. The third kappa shape index (κ3) is 3.81. The Hall–Kier alpha value is -0.880. The molecule has 1 N–H and O–H groups in total. The number of rotatable bonds is 7. The third-order valence-corrected chi connectivity index (χ3v) is 5.22. The Balaban J connectivity index is 2.77. The SMILES string of the molecule is CCCNCc1cncn1CC(C)(C)S(C)(=O)=O. The van der Waals surface area contributed by atoms with Crippen molar-refractivity contribution >= 4 is 9.84 Å². The van der Waals surface area contributed by atoms with Gasteiger partial charge in [0.1, 0.15) is 0 Å². The van der Waals surface area contributed by atoms with Gasteiger partial charge in [0.05, 0.1) is 16.8 Å². The number of sulfone groups is 1. The summed E-state index contributed by atoms with van der Waals surface area (Å²) in [5, 5.41) is 3.29. The molecule has 104 valence electrons. The van der Waals surface area contributed by atoms with Crippen molar-refractivity contribution < 1.29 is 8.42 Å². The van der Waals surface area contributed by atoms with E-state index in [0.29, 0.717) is 13.1 Å². The molecule has 0 aromatic carbocycles. The molecule has 0 aliphatic heterocycles. The molecular weight excluding hydrogens is 250 g/mol. The Bertz CT molecular complexity index is 477. The number of imidazole rings is 1. The summed E-state index contributed by atoms with van der Waals surface area (Å²) in [5.74, 6) is 0. The average molecular weight is 273 g/mol. The highest BCUT2D eigenvalue weighted by molar-refractivity contribution is 7.92. The lowest BCUT2D eigenvalue weighted by Crippen LogP contribution is -2.36. The van der Waals surface area contributed by atoms with E-state index < -0.39 is 14.6 Å². The molecule has 1 rings (SSSR count). The fourth-order valence-electron chi connectivity index (χ4n) is 1.56. The van der Waals surface area contributed by atoms with Gasteiger partial charge in [0, 0.05) is 25.5 Å². The highest BCUT2D eigenvalue weighted by atomic mass is 32.2. The van der Waals surface area contributed by atoms with Crippen LogP contribution in [0.5, 0.6) is 0 Å². The van der Waals surface area contributed by atoms with E-state index in [1.807, 2.05) is 4.57 Å². The molecule has 0 unspecified atom stereocenters. The summed E-state index contributed by atoms with van der Waals surface area (Å²) in [5.41, 5.74) is 1.01. The molecule has 6 heteroatoms. The number of nitrogens with one attached hydrogen (secondary N) is 1. The number of hydrogen-bond acceptors (Lipinski definition) is 4. The van der Waals surface area contributed by atoms with Gasteiger partial charge in [-0.05, 0) is 26.8 Å². The van der Waals surface area contributed by atoms with Crippen LogP contribution in [0.2, 0.25) is 0 Å². The van der Waals surface area contributed by atoms with Gasteiger partial charge >= 0.3 is 0 Å². The van der Waals surface area contributed by atoms with E-state index in [1.54, 1.807) is 26.4 Å². The maximum absolute atomic E-state index is 11.7. The second kappa shape index (κ2) is 5.84. The molecular formula is C12H23N3O2S. The zero-order valence-electron chi connectivity index (χ0n) is 11.6. The van der Waals surface area contributed by atoms with Crippen LogP contribution in [-0.4, -0.2) is 35.5 Å². The van der Waals surface area contributed by atoms with Crippen LogP contribution < -0.4 is 5.32 Å². The predicted octanol–water partition coefficient (Wildman–Crippen LogP) is 1.21. The van der Waals surface area contributed by atoms with Crippen LogP contribution in [0.4, 0.5) is 0 Å². The van der Waals surface area contributed by atoms with Gasteiger partial charge < -0.3 is 9.88 Å². The highest BCUT2D eigenvalue weighted by Crippen LogP contribution is 2.18. The monoisotopic (exact) mass is 273 g/mol. The van der Waals surface area contributed by atoms with E-state index in [-0.39, 0.29) is 0 Å². The first-order valence-corrected chi connectivity index (χ1v) is 8.06. The second-order valence-corrected chi connectivity index (χ2v) is 7.87. The summed E-state index contributed by atoms with van der Waals surface area (Å²) in [7, 11) is -3.09. The van der Waals surface area contributed by atoms with Gasteiger partial charge in [-0.1, -0.05) is 6.92 Å². The molecule has 0 aliphatic carbocycles. The van der Waals surface area contributed by atoms with Crippen molar-refractivity contribution in [1.82, 2.24) is 14.9 Å². The molecule has 1 aromatic rings. The lowest BCUT2D eigenvalue weighted by Gasteiger charge is -2.24. The number of hydrogen-bond donors (Lipinski definition) is 1. The van der Waals surface area contributed by atoms with Gasteiger partial charge in [-0.3, -0.25) is 0 Å². The van der Waals surface area contributed by atoms with Crippen LogP contribution >= 0.6 is 0 Å². The standard InChI is InChI=1S/C12H23N3O2S/c1-5-6-13-7-11-8-14-10-15(11)9-12(2,3)18(4,16)17/h8,10,13H,5-7,9H2,1-4H3. The van der Waals surface area contributed by atoms with Gasteiger partial charge in [0.25, 0.3) is 0 Å². The first-order valence-electron chi connectivity index (χ1n) is 6.17. The van der Waals surface area contributed by atoms with Crippen LogP contribution in [0.15, 0.2) is 12.5 Å². The van der Waals surface area contributed by atoms with E-state index in [0.717, 1.165) is 18.7 Å². The minimum Gasteiger partial charge on any atom is -0.332 e. The molecule has 0 amide bonds. The molecule has 5 nitrogen and oxygen atoms in total. The maximum atomic E-state index is 11.7. The highest BCUT2D eigenvalue weighted by Gasteiger charge is 2.31. The summed E-state index contributed by atoms with van der Waals surface area (Å²) >= 11 is 0. The van der Waals surface area contributed by atoms with E-state index in [4.69, 9.17) is 0 Å². The molecule has 0 bridgehead atoms. The Labute approximate surface area is 110 Å². The third-order valence-electron chi connectivity index (χ3n) is 3.09. The number of nitrogens with zero attached hydrogens (tertiary/aromatic N) is 2. The molecule has 0 aliphatic rings. The lowest BCUT2D eigenvalue weighted by molar-refractivity contribution is 0.489. The maximum Gasteiger partial charge on any atom is 0.154 e. The smallest absolute Gasteiger partial charge is 0.154 e. The van der Waals surface area contributed by atoms with Crippen molar-refractivity contribution in [3.8, 4) is 0 Å². The van der Waals surface area contributed by atoms with Gasteiger partial charge in [0.2, 0.25) is 0 Å². The normalized spacial score (nSPS) is 12.9. The molecule has 0 saturated heterocycles. The fourth-order valence-corrected chi connectivity index (χ4v) is 1.93. The summed E-state index contributed by atoms with van der Waals surface area (Å²) in [4.78, 5) is 4.10.